The molecule has 0 spiro atoms. The van der Waals surface area contributed by atoms with Crippen molar-refractivity contribution in [3.8, 4) is 0 Å². The topological polar surface area (TPSA) is 80.3 Å². The van der Waals surface area contributed by atoms with Crippen LogP contribution >= 0.6 is 11.6 Å². The number of methoxy groups -OCH3 is 1. The molecule has 2 saturated heterocycles. The number of nitrogens with zero attached hydrogens (tertiary/aromatic N) is 1. The highest BCUT2D eigenvalue weighted by atomic mass is 35.5. The van der Waals surface area contributed by atoms with Crippen molar-refractivity contribution >= 4 is 35.1 Å². The molecule has 2 aromatic rings. The van der Waals surface area contributed by atoms with Gasteiger partial charge in [-0.2, -0.15) is 0 Å². The third kappa shape index (κ3) is 2.64. The molecule has 4 rings (SSSR count). The first-order valence-corrected chi connectivity index (χ1v) is 9.39. The molecule has 0 aliphatic carbocycles. The van der Waals surface area contributed by atoms with Gasteiger partial charge in [-0.05, 0) is 24.3 Å². The molecule has 6 nitrogen and oxygen atoms in total. The van der Waals surface area contributed by atoms with Crippen LogP contribution in [0.2, 0.25) is 5.02 Å². The standard InChI is InChI=1S/C21H19ClN2O4/c1-21(20(27)28-2)16-15(17(23-21)12-8-10-13(22)11-9-12)18(25)24(19(16)26)14-6-4-3-5-7-14/h3-11,15-17,23H,1-2H3/p+1/t15-,16-,17-,21+/m0/s1. The summed E-state index contributed by atoms with van der Waals surface area (Å²) >= 11 is 6.00. The molecule has 0 aromatic heterocycles. The molecule has 0 bridgehead atoms. The van der Waals surface area contributed by atoms with Gasteiger partial charge in [0.25, 0.3) is 0 Å². The van der Waals surface area contributed by atoms with E-state index in [1.807, 2.05) is 18.2 Å². The molecule has 2 aliphatic heterocycles. The van der Waals surface area contributed by atoms with Crippen LogP contribution in [0.5, 0.6) is 0 Å². The SMILES string of the molecule is COC(=O)[C@]1(C)[NH2+][C@@H](c2ccc(Cl)cc2)[C@H]2C(=O)N(c3ccccc3)C(=O)[C@H]21. The Morgan fingerprint density at radius 2 is 1.71 bits per heavy atom. The number of benzene rings is 2. The van der Waals surface area contributed by atoms with Gasteiger partial charge < -0.3 is 10.1 Å². The van der Waals surface area contributed by atoms with Gasteiger partial charge in [-0.15, -0.1) is 0 Å². The van der Waals surface area contributed by atoms with Crippen LogP contribution in [-0.4, -0.2) is 30.4 Å². The number of ether oxygens (including phenoxy) is 1. The van der Waals surface area contributed by atoms with Gasteiger partial charge in [0.15, 0.2) is 0 Å². The van der Waals surface area contributed by atoms with Crippen LogP contribution in [0.3, 0.4) is 0 Å². The van der Waals surface area contributed by atoms with Gasteiger partial charge in [0.2, 0.25) is 17.4 Å². The zero-order chi connectivity index (χ0) is 20.1. The number of halogens is 1. The predicted molar refractivity (Wildman–Crippen MR) is 102 cm³/mol. The maximum atomic E-state index is 13.4. The summed E-state index contributed by atoms with van der Waals surface area (Å²) < 4.78 is 5.00. The first-order chi connectivity index (χ1) is 13.4. The van der Waals surface area contributed by atoms with Crippen molar-refractivity contribution in [3.63, 3.8) is 0 Å². The van der Waals surface area contributed by atoms with Crippen LogP contribution in [0.15, 0.2) is 54.6 Å². The number of nitrogens with two attached hydrogens (primary N) is 1. The normalized spacial score (nSPS) is 29.1. The second kappa shape index (κ2) is 6.72. The summed E-state index contributed by atoms with van der Waals surface area (Å²) in [4.78, 5) is 40.5. The molecule has 0 unspecified atom stereocenters. The lowest BCUT2D eigenvalue weighted by Gasteiger charge is -2.25. The second-order valence-electron chi connectivity index (χ2n) is 7.37. The number of hydrogen-bond acceptors (Lipinski definition) is 4. The summed E-state index contributed by atoms with van der Waals surface area (Å²) in [6.07, 6.45) is 0. The van der Waals surface area contributed by atoms with E-state index in [0.717, 1.165) is 5.56 Å². The summed E-state index contributed by atoms with van der Waals surface area (Å²) in [7, 11) is 1.29. The molecule has 28 heavy (non-hydrogen) atoms. The zero-order valence-electron chi connectivity index (χ0n) is 15.5. The molecule has 0 radical (unpaired) electrons. The molecular formula is C21H20ClN2O4+. The van der Waals surface area contributed by atoms with Crippen molar-refractivity contribution in [2.24, 2.45) is 11.8 Å². The molecule has 0 saturated carbocycles. The number of imide groups is 1. The summed E-state index contributed by atoms with van der Waals surface area (Å²) in [6, 6.07) is 15.5. The maximum Gasteiger partial charge on any atom is 0.368 e. The van der Waals surface area contributed by atoms with Gasteiger partial charge in [0.1, 0.15) is 17.9 Å². The van der Waals surface area contributed by atoms with E-state index in [2.05, 4.69) is 0 Å². The van der Waals surface area contributed by atoms with Gasteiger partial charge in [0, 0.05) is 17.5 Å². The lowest BCUT2D eigenvalue weighted by Crippen LogP contribution is -2.97. The number of rotatable bonds is 3. The largest absolute Gasteiger partial charge is 0.464 e. The third-order valence-electron chi connectivity index (χ3n) is 5.80. The minimum Gasteiger partial charge on any atom is -0.464 e. The molecule has 4 atom stereocenters. The smallest absolute Gasteiger partial charge is 0.368 e. The summed E-state index contributed by atoms with van der Waals surface area (Å²) in [5.74, 6) is -2.67. The Morgan fingerprint density at radius 3 is 2.32 bits per heavy atom. The lowest BCUT2D eigenvalue weighted by atomic mass is 9.80. The molecular weight excluding hydrogens is 380 g/mol. The van der Waals surface area contributed by atoms with E-state index in [1.165, 1.54) is 12.0 Å². The lowest BCUT2D eigenvalue weighted by molar-refractivity contribution is -0.730. The molecule has 2 fully saturated rings. The number of carbonyl (C=O) groups is 3. The third-order valence-corrected chi connectivity index (χ3v) is 6.06. The van der Waals surface area contributed by atoms with Gasteiger partial charge >= 0.3 is 5.97 Å². The van der Waals surface area contributed by atoms with Crippen molar-refractivity contribution in [2.75, 3.05) is 12.0 Å². The maximum absolute atomic E-state index is 13.4. The molecule has 2 amide bonds. The van der Waals surface area contributed by atoms with Crippen molar-refractivity contribution in [3.05, 3.63) is 65.2 Å². The van der Waals surface area contributed by atoms with Crippen molar-refractivity contribution < 1.29 is 24.4 Å². The van der Waals surface area contributed by atoms with E-state index in [4.69, 9.17) is 16.3 Å². The minimum atomic E-state index is -1.19. The van der Waals surface area contributed by atoms with Crippen molar-refractivity contribution in [1.82, 2.24) is 0 Å². The van der Waals surface area contributed by atoms with Crippen LogP contribution in [0, 0.1) is 11.8 Å². The summed E-state index contributed by atoms with van der Waals surface area (Å²) in [5.41, 5.74) is 0.150. The van der Waals surface area contributed by atoms with E-state index >= 15 is 0 Å². The molecule has 2 aliphatic rings. The Balaban J connectivity index is 1.82. The average molecular weight is 400 g/mol. The van der Waals surface area contributed by atoms with Crippen LogP contribution < -0.4 is 10.2 Å². The quantitative estimate of drug-likeness (QED) is 0.629. The van der Waals surface area contributed by atoms with Gasteiger partial charge in [0.05, 0.1) is 12.8 Å². The van der Waals surface area contributed by atoms with E-state index in [9.17, 15) is 14.4 Å². The monoisotopic (exact) mass is 399 g/mol. The summed E-state index contributed by atoms with van der Waals surface area (Å²) in [6.45, 7) is 1.67. The van der Waals surface area contributed by atoms with Crippen LogP contribution in [0.4, 0.5) is 5.69 Å². The number of hydrogen-bond donors (Lipinski definition) is 1. The zero-order valence-corrected chi connectivity index (χ0v) is 16.2. The van der Waals surface area contributed by atoms with Crippen molar-refractivity contribution in [1.29, 1.82) is 0 Å². The molecule has 2 N–H and O–H groups in total. The second-order valence-corrected chi connectivity index (χ2v) is 7.81. The number of quaternary nitrogens is 1. The van der Waals surface area contributed by atoms with E-state index in [1.54, 1.807) is 48.6 Å². The molecule has 144 valence electrons. The Bertz CT molecular complexity index is 947. The van der Waals surface area contributed by atoms with E-state index in [0.29, 0.717) is 10.7 Å². The first-order valence-electron chi connectivity index (χ1n) is 9.01. The van der Waals surface area contributed by atoms with Crippen LogP contribution in [-0.2, 0) is 19.1 Å². The van der Waals surface area contributed by atoms with Gasteiger partial charge in [-0.3, -0.25) is 9.59 Å². The highest BCUT2D eigenvalue weighted by Crippen LogP contribution is 2.45. The fraction of sp³-hybridized carbons (Fsp3) is 0.286. The fourth-order valence-corrected chi connectivity index (χ4v) is 4.62. The van der Waals surface area contributed by atoms with E-state index < -0.39 is 29.4 Å². The number of anilines is 1. The fourth-order valence-electron chi connectivity index (χ4n) is 4.50. The Hall–Kier alpha value is -2.70. The Morgan fingerprint density at radius 1 is 1.07 bits per heavy atom. The van der Waals surface area contributed by atoms with Gasteiger partial charge in [-0.25, -0.2) is 9.69 Å². The van der Waals surface area contributed by atoms with Crippen molar-refractivity contribution in [2.45, 2.75) is 18.5 Å². The Labute approximate surface area is 167 Å². The minimum absolute atomic E-state index is 0.301. The number of amides is 2. The summed E-state index contributed by atoms with van der Waals surface area (Å²) in [5, 5.41) is 2.36. The van der Waals surface area contributed by atoms with Gasteiger partial charge in [-0.1, -0.05) is 41.9 Å². The molecule has 2 heterocycles. The van der Waals surface area contributed by atoms with E-state index in [-0.39, 0.29) is 11.8 Å². The molecule has 2 aromatic carbocycles. The number of para-hydroxylation sites is 1. The highest BCUT2D eigenvalue weighted by molar-refractivity contribution is 6.30. The number of esters is 1. The Kier molecular flexibility index (Phi) is 4.48. The highest BCUT2D eigenvalue weighted by Gasteiger charge is 2.70. The van der Waals surface area contributed by atoms with Crippen LogP contribution in [0.1, 0.15) is 18.5 Å². The average Bonchev–Trinajstić information content (AvgIpc) is 3.16. The number of carbonyl (C=O) groups excluding carboxylic acids is 3. The predicted octanol–water partition coefficient (Wildman–Crippen LogP) is 1.70. The first kappa shape index (κ1) is 18.7. The van der Waals surface area contributed by atoms with Crippen LogP contribution in [0.25, 0.3) is 0 Å². The number of fused-ring (bicyclic) bond motifs is 1. The molecule has 7 heteroatoms.